The quantitative estimate of drug-likeness (QED) is 0.767. The van der Waals surface area contributed by atoms with Gasteiger partial charge in [0, 0.05) is 10.7 Å². The van der Waals surface area contributed by atoms with E-state index in [-0.39, 0.29) is 5.91 Å². The highest BCUT2D eigenvalue weighted by Gasteiger charge is 2.32. The molecule has 7 heteroatoms. The van der Waals surface area contributed by atoms with Crippen LogP contribution in [0.25, 0.3) is 0 Å². The monoisotopic (exact) mass is 408 g/mol. The molecule has 5 nitrogen and oxygen atoms in total. The Morgan fingerprint density at radius 1 is 1.11 bits per heavy atom. The predicted octanol–water partition coefficient (Wildman–Crippen LogP) is 4.45. The van der Waals surface area contributed by atoms with Gasteiger partial charge in [-0.3, -0.25) is 9.10 Å². The third-order valence-electron chi connectivity index (χ3n) is 4.47. The SMILES string of the molecule is CCC(C(=O)Nc1c(C)cccc1C)N(c1ccc(C)c(Cl)c1)S(C)(=O)=O. The first-order chi connectivity index (χ1) is 12.6. The van der Waals surface area contributed by atoms with Crippen LogP contribution < -0.4 is 9.62 Å². The van der Waals surface area contributed by atoms with Gasteiger partial charge < -0.3 is 5.32 Å². The second-order valence-electron chi connectivity index (χ2n) is 6.67. The van der Waals surface area contributed by atoms with E-state index in [1.807, 2.05) is 39.0 Å². The van der Waals surface area contributed by atoms with E-state index in [0.717, 1.165) is 27.3 Å². The molecular formula is C20H25ClN2O3S. The molecule has 0 aliphatic heterocycles. The molecule has 27 heavy (non-hydrogen) atoms. The Balaban J connectivity index is 2.46. The van der Waals surface area contributed by atoms with Crippen LogP contribution in [0.4, 0.5) is 11.4 Å². The first-order valence-corrected chi connectivity index (χ1v) is 10.9. The zero-order valence-electron chi connectivity index (χ0n) is 16.2. The highest BCUT2D eigenvalue weighted by atomic mass is 35.5. The highest BCUT2D eigenvalue weighted by molar-refractivity contribution is 7.92. The molecule has 0 aromatic heterocycles. The van der Waals surface area contributed by atoms with Crippen molar-refractivity contribution >= 4 is 38.9 Å². The van der Waals surface area contributed by atoms with Crippen LogP contribution in [0.1, 0.15) is 30.0 Å². The summed E-state index contributed by atoms with van der Waals surface area (Å²) < 4.78 is 26.2. The van der Waals surface area contributed by atoms with Crippen LogP contribution in [0.15, 0.2) is 36.4 Å². The van der Waals surface area contributed by atoms with Gasteiger partial charge in [0.2, 0.25) is 15.9 Å². The average Bonchev–Trinajstić information content (AvgIpc) is 2.57. The minimum absolute atomic E-state index is 0.315. The first kappa shape index (κ1) is 21.3. The summed E-state index contributed by atoms with van der Waals surface area (Å²) >= 11 is 6.18. The van der Waals surface area contributed by atoms with Crippen LogP contribution in [0.2, 0.25) is 5.02 Å². The molecule has 2 rings (SSSR count). The molecule has 1 atom stereocenters. The van der Waals surface area contributed by atoms with Crippen LogP contribution >= 0.6 is 11.6 Å². The molecule has 1 amide bonds. The number of carbonyl (C=O) groups excluding carboxylic acids is 1. The van der Waals surface area contributed by atoms with Gasteiger partial charge in [-0.1, -0.05) is 42.8 Å². The summed E-state index contributed by atoms with van der Waals surface area (Å²) in [5.41, 5.74) is 3.75. The minimum atomic E-state index is -3.70. The van der Waals surface area contributed by atoms with Crippen LogP contribution in [0, 0.1) is 20.8 Å². The number of aryl methyl sites for hydroxylation is 3. The maximum atomic E-state index is 13.0. The van der Waals surface area contributed by atoms with Gasteiger partial charge >= 0.3 is 0 Å². The molecule has 0 aliphatic rings. The van der Waals surface area contributed by atoms with Gasteiger partial charge in [0.15, 0.2) is 0 Å². The van der Waals surface area contributed by atoms with Crippen molar-refractivity contribution in [2.75, 3.05) is 15.9 Å². The summed E-state index contributed by atoms with van der Waals surface area (Å²) in [6.45, 7) is 7.42. The topological polar surface area (TPSA) is 66.5 Å². The number of para-hydroxylation sites is 1. The summed E-state index contributed by atoms with van der Waals surface area (Å²) in [6, 6.07) is 9.80. The Labute approximate surface area is 166 Å². The second-order valence-corrected chi connectivity index (χ2v) is 8.94. The molecule has 0 heterocycles. The van der Waals surface area contributed by atoms with E-state index in [1.165, 1.54) is 0 Å². The molecule has 2 aromatic rings. The summed E-state index contributed by atoms with van der Waals surface area (Å²) in [5, 5.41) is 3.35. The van der Waals surface area contributed by atoms with E-state index in [1.54, 1.807) is 25.1 Å². The standard InChI is InChI=1S/C20H25ClN2O3S/c1-6-18(20(24)22-19-14(3)8-7-9-15(19)4)23(27(5,25)26)16-11-10-13(2)17(21)12-16/h7-12,18H,6H2,1-5H3,(H,22,24). The largest absolute Gasteiger partial charge is 0.324 e. The number of amides is 1. The van der Waals surface area contributed by atoms with Gasteiger partial charge in [0.1, 0.15) is 6.04 Å². The normalized spacial score (nSPS) is 12.5. The second kappa shape index (κ2) is 8.31. The minimum Gasteiger partial charge on any atom is -0.324 e. The summed E-state index contributed by atoms with van der Waals surface area (Å²) in [4.78, 5) is 13.0. The third-order valence-corrected chi connectivity index (χ3v) is 6.06. The van der Waals surface area contributed by atoms with Crippen molar-refractivity contribution in [3.63, 3.8) is 0 Å². The lowest BCUT2D eigenvalue weighted by molar-refractivity contribution is -0.117. The van der Waals surface area contributed by atoms with Gasteiger partial charge in [0.25, 0.3) is 0 Å². The number of rotatable bonds is 6. The molecule has 0 bridgehead atoms. The third kappa shape index (κ3) is 4.82. The Morgan fingerprint density at radius 2 is 1.70 bits per heavy atom. The summed E-state index contributed by atoms with van der Waals surface area (Å²) in [6.07, 6.45) is 1.41. The van der Waals surface area contributed by atoms with E-state index < -0.39 is 16.1 Å². The van der Waals surface area contributed by atoms with Gasteiger partial charge in [-0.15, -0.1) is 0 Å². The van der Waals surface area contributed by atoms with Crippen molar-refractivity contribution in [2.24, 2.45) is 0 Å². The Kier molecular flexibility index (Phi) is 6.54. The van der Waals surface area contributed by atoms with Crippen molar-refractivity contribution in [1.82, 2.24) is 0 Å². The fraction of sp³-hybridized carbons (Fsp3) is 0.350. The van der Waals surface area contributed by atoms with E-state index >= 15 is 0 Å². The Morgan fingerprint density at radius 3 is 2.19 bits per heavy atom. The number of nitrogens with zero attached hydrogens (tertiary/aromatic N) is 1. The molecule has 1 N–H and O–H groups in total. The molecule has 2 aromatic carbocycles. The highest BCUT2D eigenvalue weighted by Crippen LogP contribution is 2.28. The molecule has 0 fully saturated rings. The number of nitrogens with one attached hydrogen (secondary N) is 1. The van der Waals surface area contributed by atoms with Crippen LogP contribution in [0.5, 0.6) is 0 Å². The fourth-order valence-electron chi connectivity index (χ4n) is 3.00. The zero-order valence-corrected chi connectivity index (χ0v) is 17.8. The smallest absolute Gasteiger partial charge is 0.248 e. The molecule has 146 valence electrons. The van der Waals surface area contributed by atoms with E-state index in [9.17, 15) is 13.2 Å². The number of hydrogen-bond acceptors (Lipinski definition) is 3. The Bertz CT molecular complexity index is 937. The molecule has 0 spiro atoms. The van der Waals surface area contributed by atoms with Gasteiger partial charge in [0.05, 0.1) is 11.9 Å². The zero-order chi connectivity index (χ0) is 20.4. The van der Waals surface area contributed by atoms with Gasteiger partial charge in [-0.05, 0) is 56.0 Å². The summed E-state index contributed by atoms with van der Waals surface area (Å²) in [7, 11) is -3.70. The van der Waals surface area contributed by atoms with Gasteiger partial charge in [-0.25, -0.2) is 8.42 Å². The van der Waals surface area contributed by atoms with Crippen molar-refractivity contribution in [1.29, 1.82) is 0 Å². The lowest BCUT2D eigenvalue weighted by Crippen LogP contribution is -2.47. The number of halogens is 1. The number of benzene rings is 2. The van der Waals surface area contributed by atoms with Crippen LogP contribution in [-0.2, 0) is 14.8 Å². The lowest BCUT2D eigenvalue weighted by Gasteiger charge is -2.30. The molecule has 1 unspecified atom stereocenters. The fourth-order valence-corrected chi connectivity index (χ4v) is 4.38. The van der Waals surface area contributed by atoms with Crippen LogP contribution in [0.3, 0.4) is 0 Å². The van der Waals surface area contributed by atoms with Crippen molar-refractivity contribution in [2.45, 2.75) is 40.2 Å². The Hall–Kier alpha value is -2.05. The van der Waals surface area contributed by atoms with Crippen molar-refractivity contribution in [3.05, 3.63) is 58.1 Å². The molecule has 0 saturated heterocycles. The van der Waals surface area contributed by atoms with Crippen molar-refractivity contribution in [3.8, 4) is 0 Å². The van der Waals surface area contributed by atoms with Crippen molar-refractivity contribution < 1.29 is 13.2 Å². The number of sulfonamides is 1. The molecular weight excluding hydrogens is 384 g/mol. The average molecular weight is 409 g/mol. The first-order valence-electron chi connectivity index (χ1n) is 8.69. The molecule has 0 saturated carbocycles. The predicted molar refractivity (Wildman–Crippen MR) is 112 cm³/mol. The van der Waals surface area contributed by atoms with E-state index in [0.29, 0.717) is 22.8 Å². The number of anilines is 2. The van der Waals surface area contributed by atoms with E-state index in [4.69, 9.17) is 11.6 Å². The summed E-state index contributed by atoms with van der Waals surface area (Å²) in [5.74, 6) is -0.378. The maximum absolute atomic E-state index is 13.0. The van der Waals surface area contributed by atoms with Crippen LogP contribution in [-0.4, -0.2) is 26.6 Å². The van der Waals surface area contributed by atoms with Gasteiger partial charge in [-0.2, -0.15) is 0 Å². The molecule has 0 radical (unpaired) electrons. The van der Waals surface area contributed by atoms with E-state index in [2.05, 4.69) is 5.32 Å². The lowest BCUT2D eigenvalue weighted by atomic mass is 10.1. The number of carbonyl (C=O) groups is 1. The number of hydrogen-bond donors (Lipinski definition) is 1. The molecule has 0 aliphatic carbocycles. The maximum Gasteiger partial charge on any atom is 0.248 e.